The van der Waals surface area contributed by atoms with E-state index in [2.05, 4.69) is 43.8 Å². The van der Waals surface area contributed by atoms with E-state index in [-0.39, 0.29) is 5.91 Å². The lowest BCUT2D eigenvalue weighted by Crippen LogP contribution is -2.08. The molecule has 0 radical (unpaired) electrons. The molecule has 0 atom stereocenters. The van der Waals surface area contributed by atoms with Gasteiger partial charge in [-0.15, -0.1) is 0 Å². The second-order valence-electron chi connectivity index (χ2n) is 2.29. The molecule has 0 bridgehead atoms. The summed E-state index contributed by atoms with van der Waals surface area (Å²) in [6.07, 6.45) is 1.23. The van der Waals surface area contributed by atoms with Crippen molar-refractivity contribution in [1.29, 1.82) is 0 Å². The molecule has 1 amide bonds. The topological polar surface area (TPSA) is 29.1 Å². The summed E-state index contributed by atoms with van der Waals surface area (Å²) < 4.78 is 1.66. The number of hydrogen-bond donors (Lipinski definition) is 1. The first-order chi connectivity index (χ1) is 6.15. The molecule has 2 nitrogen and oxygen atoms in total. The zero-order valence-corrected chi connectivity index (χ0v) is 9.85. The predicted octanol–water partition coefficient (Wildman–Crippen LogP) is 3.34. The Morgan fingerprint density at radius 3 is 2.38 bits per heavy atom. The van der Waals surface area contributed by atoms with Crippen LogP contribution in [0.1, 0.15) is 0 Å². The number of benzene rings is 1. The Morgan fingerprint density at radius 1 is 1.38 bits per heavy atom. The molecule has 1 rings (SSSR count). The van der Waals surface area contributed by atoms with Crippen LogP contribution in [-0.4, -0.2) is 5.91 Å². The standard InChI is InChI=1S/C9H7Br2NO/c1-2-8(13)12-9-6(10)4-3-5-7(9)11/h2-5H,1H2,(H,12,13). The molecule has 0 saturated carbocycles. The Hall–Kier alpha value is -0.610. The van der Waals surface area contributed by atoms with Gasteiger partial charge in [0.15, 0.2) is 0 Å². The third kappa shape index (κ3) is 2.67. The number of carbonyl (C=O) groups excluding carboxylic acids is 1. The highest BCUT2D eigenvalue weighted by Crippen LogP contribution is 2.30. The van der Waals surface area contributed by atoms with E-state index in [0.29, 0.717) is 5.69 Å². The van der Waals surface area contributed by atoms with Crippen LogP contribution in [0.15, 0.2) is 39.8 Å². The smallest absolute Gasteiger partial charge is 0.247 e. The first kappa shape index (κ1) is 10.5. The summed E-state index contributed by atoms with van der Waals surface area (Å²) in [7, 11) is 0. The maximum Gasteiger partial charge on any atom is 0.247 e. The molecule has 0 spiro atoms. The lowest BCUT2D eigenvalue weighted by molar-refractivity contribution is -0.111. The summed E-state index contributed by atoms with van der Waals surface area (Å²) in [5.74, 6) is -0.229. The summed E-state index contributed by atoms with van der Waals surface area (Å²) in [6, 6.07) is 5.57. The quantitative estimate of drug-likeness (QED) is 0.834. The summed E-state index contributed by atoms with van der Waals surface area (Å²) in [5.41, 5.74) is 0.715. The van der Waals surface area contributed by atoms with Crippen LogP contribution < -0.4 is 5.32 Å². The number of rotatable bonds is 2. The molecule has 0 fully saturated rings. The lowest BCUT2D eigenvalue weighted by atomic mass is 10.3. The molecule has 0 unspecified atom stereocenters. The van der Waals surface area contributed by atoms with Crippen molar-refractivity contribution in [2.24, 2.45) is 0 Å². The minimum atomic E-state index is -0.229. The maximum atomic E-state index is 11.0. The van der Waals surface area contributed by atoms with Crippen molar-refractivity contribution in [3.63, 3.8) is 0 Å². The van der Waals surface area contributed by atoms with Crippen molar-refractivity contribution in [3.8, 4) is 0 Å². The molecule has 1 aromatic rings. The van der Waals surface area contributed by atoms with Gasteiger partial charge in [0.05, 0.1) is 5.69 Å². The Labute approximate surface area is 93.3 Å². The molecular formula is C9H7Br2NO. The molecule has 68 valence electrons. The van der Waals surface area contributed by atoms with Crippen LogP contribution in [0.25, 0.3) is 0 Å². The number of nitrogens with one attached hydrogen (secondary N) is 1. The fourth-order valence-corrected chi connectivity index (χ4v) is 1.99. The molecule has 0 aromatic heterocycles. The number of halogens is 2. The van der Waals surface area contributed by atoms with Gasteiger partial charge in [0.25, 0.3) is 0 Å². The van der Waals surface area contributed by atoms with Crippen molar-refractivity contribution in [2.45, 2.75) is 0 Å². The van der Waals surface area contributed by atoms with Gasteiger partial charge in [-0.3, -0.25) is 4.79 Å². The van der Waals surface area contributed by atoms with Gasteiger partial charge >= 0.3 is 0 Å². The molecule has 0 aliphatic rings. The van der Waals surface area contributed by atoms with Crippen LogP contribution in [0.4, 0.5) is 5.69 Å². The minimum absolute atomic E-state index is 0.229. The Balaban J connectivity index is 2.99. The largest absolute Gasteiger partial charge is 0.321 e. The second kappa shape index (κ2) is 4.58. The first-order valence-corrected chi connectivity index (χ1v) is 5.11. The van der Waals surface area contributed by atoms with Crippen molar-refractivity contribution in [1.82, 2.24) is 0 Å². The molecule has 0 heterocycles. The zero-order chi connectivity index (χ0) is 9.84. The average molecular weight is 305 g/mol. The Kier molecular flexibility index (Phi) is 3.69. The van der Waals surface area contributed by atoms with Crippen LogP contribution in [0.2, 0.25) is 0 Å². The van der Waals surface area contributed by atoms with Crippen LogP contribution in [0.5, 0.6) is 0 Å². The number of amides is 1. The Bertz CT molecular complexity index is 329. The normalized spacial score (nSPS) is 9.38. The predicted molar refractivity (Wildman–Crippen MR) is 60.7 cm³/mol. The molecular weight excluding hydrogens is 298 g/mol. The van der Waals surface area contributed by atoms with Gasteiger partial charge in [-0.05, 0) is 50.1 Å². The van der Waals surface area contributed by atoms with Crippen LogP contribution in [-0.2, 0) is 4.79 Å². The molecule has 0 saturated heterocycles. The summed E-state index contributed by atoms with van der Waals surface area (Å²) >= 11 is 6.65. The third-order valence-electron chi connectivity index (χ3n) is 1.40. The zero-order valence-electron chi connectivity index (χ0n) is 6.68. The molecule has 13 heavy (non-hydrogen) atoms. The molecule has 0 aliphatic heterocycles. The highest BCUT2D eigenvalue weighted by Gasteiger charge is 2.05. The minimum Gasteiger partial charge on any atom is -0.321 e. The molecule has 1 N–H and O–H groups in total. The fraction of sp³-hybridized carbons (Fsp3) is 0. The van der Waals surface area contributed by atoms with E-state index in [1.54, 1.807) is 0 Å². The highest BCUT2D eigenvalue weighted by molar-refractivity contribution is 9.11. The van der Waals surface area contributed by atoms with E-state index in [1.807, 2.05) is 18.2 Å². The number of carbonyl (C=O) groups is 1. The van der Waals surface area contributed by atoms with Crippen molar-refractivity contribution in [2.75, 3.05) is 5.32 Å². The van der Waals surface area contributed by atoms with Gasteiger partial charge in [-0.25, -0.2) is 0 Å². The lowest BCUT2D eigenvalue weighted by Gasteiger charge is -2.06. The Morgan fingerprint density at radius 2 is 1.92 bits per heavy atom. The van der Waals surface area contributed by atoms with Crippen molar-refractivity contribution >= 4 is 43.5 Å². The van der Waals surface area contributed by atoms with Gasteiger partial charge in [-0.1, -0.05) is 12.6 Å². The van der Waals surface area contributed by atoms with E-state index in [1.165, 1.54) is 6.08 Å². The average Bonchev–Trinajstić information content (AvgIpc) is 2.11. The van der Waals surface area contributed by atoms with Gasteiger partial charge in [0.1, 0.15) is 0 Å². The van der Waals surface area contributed by atoms with Gasteiger partial charge in [0.2, 0.25) is 5.91 Å². The van der Waals surface area contributed by atoms with Crippen LogP contribution in [0.3, 0.4) is 0 Å². The third-order valence-corrected chi connectivity index (χ3v) is 2.72. The highest BCUT2D eigenvalue weighted by atomic mass is 79.9. The van der Waals surface area contributed by atoms with E-state index in [4.69, 9.17) is 0 Å². The first-order valence-electron chi connectivity index (χ1n) is 3.52. The fourth-order valence-electron chi connectivity index (χ4n) is 0.791. The van der Waals surface area contributed by atoms with E-state index < -0.39 is 0 Å². The summed E-state index contributed by atoms with van der Waals surface area (Å²) in [6.45, 7) is 3.37. The second-order valence-corrected chi connectivity index (χ2v) is 4.00. The van der Waals surface area contributed by atoms with E-state index in [0.717, 1.165) is 8.95 Å². The van der Waals surface area contributed by atoms with E-state index >= 15 is 0 Å². The van der Waals surface area contributed by atoms with E-state index in [9.17, 15) is 4.79 Å². The van der Waals surface area contributed by atoms with Gasteiger partial charge in [0, 0.05) is 8.95 Å². The monoisotopic (exact) mass is 303 g/mol. The van der Waals surface area contributed by atoms with Gasteiger partial charge in [-0.2, -0.15) is 0 Å². The van der Waals surface area contributed by atoms with Crippen molar-refractivity contribution in [3.05, 3.63) is 39.8 Å². The van der Waals surface area contributed by atoms with Crippen LogP contribution >= 0.6 is 31.9 Å². The number of para-hydroxylation sites is 1. The number of anilines is 1. The van der Waals surface area contributed by atoms with Crippen LogP contribution in [0, 0.1) is 0 Å². The SMILES string of the molecule is C=CC(=O)Nc1c(Br)cccc1Br. The maximum absolute atomic E-state index is 11.0. The summed E-state index contributed by atoms with van der Waals surface area (Å²) in [5, 5.41) is 2.68. The van der Waals surface area contributed by atoms with Crippen molar-refractivity contribution < 1.29 is 4.79 Å². The summed E-state index contributed by atoms with van der Waals surface area (Å²) in [4.78, 5) is 11.0. The molecule has 4 heteroatoms. The molecule has 1 aromatic carbocycles. The molecule has 0 aliphatic carbocycles. The van der Waals surface area contributed by atoms with Gasteiger partial charge < -0.3 is 5.32 Å². The number of hydrogen-bond acceptors (Lipinski definition) is 1.